The molecule has 4 rings (SSSR count). The van der Waals surface area contributed by atoms with Gasteiger partial charge in [-0.3, -0.25) is 9.59 Å². The molecular weight excluding hydrogens is 333 g/mol. The number of carbonyl (C=O) groups is 2. The molecule has 2 heterocycles. The number of benzene rings is 2. The van der Waals surface area contributed by atoms with Gasteiger partial charge in [-0.15, -0.1) is 0 Å². The Balaban J connectivity index is 1.55. The second kappa shape index (κ2) is 6.29. The third kappa shape index (κ3) is 2.94. The fourth-order valence-electron chi connectivity index (χ4n) is 3.36. The number of nitrogens with zero attached hydrogens (tertiary/aromatic N) is 1. The zero-order valence-electron chi connectivity index (χ0n) is 14.3. The van der Waals surface area contributed by atoms with Gasteiger partial charge >= 0.3 is 0 Å². The first-order valence-electron chi connectivity index (χ1n) is 8.52. The van der Waals surface area contributed by atoms with E-state index in [1.165, 1.54) is 12.1 Å². The maximum atomic E-state index is 13.3. The average molecular weight is 351 g/mol. The highest BCUT2D eigenvalue weighted by molar-refractivity contribution is 6.06. The van der Waals surface area contributed by atoms with Crippen LogP contribution in [0.15, 0.2) is 42.5 Å². The molecule has 0 bridgehead atoms. The summed E-state index contributed by atoms with van der Waals surface area (Å²) in [5.74, 6) is -0.507. The Morgan fingerprint density at radius 3 is 2.77 bits per heavy atom. The van der Waals surface area contributed by atoms with Crippen molar-refractivity contribution < 1.29 is 14.0 Å². The third-order valence-electron chi connectivity index (χ3n) is 4.65. The first-order chi connectivity index (χ1) is 12.5. The standard InChI is InChI=1S/C20H18FN3O2/c1-12-9-15(5-7-18(12)24-8-2-3-19(24)25)22-20(26)17-11-13-10-14(21)4-6-16(13)23-17/h4-7,9-11,23H,2-3,8H2,1H3,(H,22,26). The van der Waals surface area contributed by atoms with Crippen LogP contribution >= 0.6 is 0 Å². The first kappa shape index (κ1) is 16.3. The molecule has 5 nitrogen and oxygen atoms in total. The van der Waals surface area contributed by atoms with Crippen molar-refractivity contribution in [1.29, 1.82) is 0 Å². The molecule has 1 aromatic heterocycles. The van der Waals surface area contributed by atoms with Crippen molar-refractivity contribution in [2.75, 3.05) is 16.8 Å². The largest absolute Gasteiger partial charge is 0.351 e. The molecule has 1 fully saturated rings. The van der Waals surface area contributed by atoms with E-state index in [4.69, 9.17) is 0 Å². The van der Waals surface area contributed by atoms with Crippen molar-refractivity contribution in [3.05, 3.63) is 59.5 Å². The molecule has 0 atom stereocenters. The second-order valence-electron chi connectivity index (χ2n) is 6.52. The SMILES string of the molecule is Cc1cc(NC(=O)c2cc3cc(F)ccc3[nH]2)ccc1N1CCCC1=O. The van der Waals surface area contributed by atoms with Gasteiger partial charge in [-0.25, -0.2) is 4.39 Å². The number of amides is 2. The van der Waals surface area contributed by atoms with Crippen LogP contribution in [-0.2, 0) is 4.79 Å². The number of hydrogen-bond acceptors (Lipinski definition) is 2. The van der Waals surface area contributed by atoms with Gasteiger partial charge in [0.2, 0.25) is 5.91 Å². The molecule has 2 N–H and O–H groups in total. The van der Waals surface area contributed by atoms with Gasteiger partial charge in [-0.2, -0.15) is 0 Å². The van der Waals surface area contributed by atoms with Gasteiger partial charge in [-0.1, -0.05) is 0 Å². The topological polar surface area (TPSA) is 65.2 Å². The summed E-state index contributed by atoms with van der Waals surface area (Å²) in [5, 5.41) is 3.48. The highest BCUT2D eigenvalue weighted by Crippen LogP contribution is 2.27. The van der Waals surface area contributed by atoms with Gasteiger partial charge in [0.25, 0.3) is 5.91 Å². The summed E-state index contributed by atoms with van der Waals surface area (Å²) in [5.41, 5.74) is 3.52. The molecule has 0 aliphatic carbocycles. The minimum atomic E-state index is -0.342. The lowest BCUT2D eigenvalue weighted by atomic mass is 10.1. The summed E-state index contributed by atoms with van der Waals surface area (Å²) < 4.78 is 13.3. The maximum absolute atomic E-state index is 13.3. The van der Waals surface area contributed by atoms with E-state index in [1.807, 2.05) is 19.1 Å². The van der Waals surface area contributed by atoms with Crippen LogP contribution in [-0.4, -0.2) is 23.3 Å². The summed E-state index contributed by atoms with van der Waals surface area (Å²) in [6.45, 7) is 2.65. The maximum Gasteiger partial charge on any atom is 0.272 e. The minimum absolute atomic E-state index is 0.134. The molecule has 6 heteroatoms. The number of halogens is 1. The molecule has 2 amide bonds. The van der Waals surface area contributed by atoms with Crippen LogP contribution < -0.4 is 10.2 Å². The van der Waals surface area contributed by atoms with Crippen LogP contribution in [0.3, 0.4) is 0 Å². The Kier molecular flexibility index (Phi) is 3.95. The molecule has 1 aliphatic rings. The van der Waals surface area contributed by atoms with Gasteiger partial charge in [0, 0.05) is 35.2 Å². The summed E-state index contributed by atoms with van der Waals surface area (Å²) in [7, 11) is 0. The van der Waals surface area contributed by atoms with Crippen LogP contribution in [0.5, 0.6) is 0 Å². The molecule has 0 unspecified atom stereocenters. The van der Waals surface area contributed by atoms with Crippen molar-refractivity contribution in [2.45, 2.75) is 19.8 Å². The zero-order valence-corrected chi connectivity index (χ0v) is 14.3. The lowest BCUT2D eigenvalue weighted by Gasteiger charge is -2.19. The molecule has 0 saturated carbocycles. The Morgan fingerprint density at radius 1 is 1.19 bits per heavy atom. The second-order valence-corrected chi connectivity index (χ2v) is 6.52. The van der Waals surface area contributed by atoms with E-state index in [1.54, 1.807) is 23.1 Å². The number of aromatic amines is 1. The molecule has 0 radical (unpaired) electrons. The van der Waals surface area contributed by atoms with Gasteiger partial charge in [0.1, 0.15) is 11.5 Å². The number of nitrogens with one attached hydrogen (secondary N) is 2. The van der Waals surface area contributed by atoms with E-state index in [9.17, 15) is 14.0 Å². The number of rotatable bonds is 3. The lowest BCUT2D eigenvalue weighted by molar-refractivity contribution is -0.117. The van der Waals surface area contributed by atoms with E-state index >= 15 is 0 Å². The monoisotopic (exact) mass is 351 g/mol. The summed E-state index contributed by atoms with van der Waals surface area (Å²) >= 11 is 0. The van der Waals surface area contributed by atoms with E-state index < -0.39 is 0 Å². The van der Waals surface area contributed by atoms with E-state index in [2.05, 4.69) is 10.3 Å². The molecular formula is C20H18FN3O2. The quantitative estimate of drug-likeness (QED) is 0.749. The average Bonchev–Trinajstić information content (AvgIpc) is 3.21. The molecule has 3 aromatic rings. The van der Waals surface area contributed by atoms with Crippen molar-refractivity contribution in [3.8, 4) is 0 Å². The molecule has 132 valence electrons. The number of fused-ring (bicyclic) bond motifs is 1. The Labute approximate surface area is 149 Å². The number of H-pyrrole nitrogens is 1. The van der Waals surface area contributed by atoms with Crippen molar-refractivity contribution >= 4 is 34.1 Å². The van der Waals surface area contributed by atoms with Crippen molar-refractivity contribution in [3.63, 3.8) is 0 Å². The van der Waals surface area contributed by atoms with Crippen molar-refractivity contribution in [2.24, 2.45) is 0 Å². The third-order valence-corrected chi connectivity index (χ3v) is 4.65. The van der Waals surface area contributed by atoms with Crippen LogP contribution in [0.2, 0.25) is 0 Å². The highest BCUT2D eigenvalue weighted by atomic mass is 19.1. The minimum Gasteiger partial charge on any atom is -0.351 e. The summed E-state index contributed by atoms with van der Waals surface area (Å²) in [6, 6.07) is 11.5. The van der Waals surface area contributed by atoms with E-state index in [-0.39, 0.29) is 17.6 Å². The van der Waals surface area contributed by atoms with Gasteiger partial charge in [0.15, 0.2) is 0 Å². The smallest absolute Gasteiger partial charge is 0.272 e. The molecule has 0 spiro atoms. The zero-order chi connectivity index (χ0) is 18.3. The van der Waals surface area contributed by atoms with E-state index in [0.29, 0.717) is 28.7 Å². The highest BCUT2D eigenvalue weighted by Gasteiger charge is 2.23. The Bertz CT molecular complexity index is 1030. The number of carbonyl (C=O) groups excluding carboxylic acids is 2. The lowest BCUT2D eigenvalue weighted by Crippen LogP contribution is -2.24. The predicted octanol–water partition coefficient (Wildman–Crippen LogP) is 3.99. The van der Waals surface area contributed by atoms with Crippen molar-refractivity contribution in [1.82, 2.24) is 4.98 Å². The fourth-order valence-corrected chi connectivity index (χ4v) is 3.36. The Hall–Kier alpha value is -3.15. The molecule has 1 saturated heterocycles. The van der Waals surface area contributed by atoms with Crippen LogP contribution in [0.4, 0.5) is 15.8 Å². The number of hydrogen-bond donors (Lipinski definition) is 2. The summed E-state index contributed by atoms with van der Waals surface area (Å²) in [6.07, 6.45) is 1.46. The van der Waals surface area contributed by atoms with Gasteiger partial charge in [-0.05, 0) is 61.4 Å². The normalized spacial score (nSPS) is 14.2. The fraction of sp³-hybridized carbons (Fsp3) is 0.200. The van der Waals surface area contributed by atoms with Crippen LogP contribution in [0.25, 0.3) is 10.9 Å². The van der Waals surface area contributed by atoms with Gasteiger partial charge < -0.3 is 15.2 Å². The first-order valence-corrected chi connectivity index (χ1v) is 8.52. The number of anilines is 2. The van der Waals surface area contributed by atoms with Crippen LogP contribution in [0, 0.1) is 12.7 Å². The van der Waals surface area contributed by atoms with Gasteiger partial charge in [0.05, 0.1) is 0 Å². The number of aromatic nitrogens is 1. The van der Waals surface area contributed by atoms with E-state index in [0.717, 1.165) is 24.2 Å². The molecule has 2 aromatic carbocycles. The van der Waals surface area contributed by atoms with Crippen LogP contribution in [0.1, 0.15) is 28.9 Å². The summed E-state index contributed by atoms with van der Waals surface area (Å²) in [4.78, 5) is 29.2. The molecule has 26 heavy (non-hydrogen) atoms. The predicted molar refractivity (Wildman–Crippen MR) is 99.0 cm³/mol. The molecule has 1 aliphatic heterocycles. The Morgan fingerprint density at radius 2 is 2.04 bits per heavy atom. The number of aryl methyl sites for hydroxylation is 1.